The highest BCUT2D eigenvalue weighted by Crippen LogP contribution is 2.28. The molecule has 1 aromatic carbocycles. The van der Waals surface area contributed by atoms with Gasteiger partial charge in [0.05, 0.1) is 13.7 Å². The van der Waals surface area contributed by atoms with E-state index in [-0.39, 0.29) is 12.4 Å². The molecule has 4 aromatic rings. The summed E-state index contributed by atoms with van der Waals surface area (Å²) in [4.78, 5) is 4.16. The number of aliphatic hydroxyl groups excluding tert-OH is 1. The Morgan fingerprint density at radius 2 is 2.00 bits per heavy atom. The fourth-order valence-corrected chi connectivity index (χ4v) is 3.41. The van der Waals surface area contributed by atoms with Crippen LogP contribution in [0, 0.1) is 5.82 Å². The van der Waals surface area contributed by atoms with Crippen LogP contribution in [-0.2, 0) is 19.4 Å². The highest BCUT2D eigenvalue weighted by Gasteiger charge is 2.14. The van der Waals surface area contributed by atoms with Crippen LogP contribution in [0.25, 0.3) is 16.8 Å². The van der Waals surface area contributed by atoms with Gasteiger partial charge in [0.1, 0.15) is 17.9 Å². The van der Waals surface area contributed by atoms with Gasteiger partial charge in [0.2, 0.25) is 0 Å². The maximum Gasteiger partial charge on any atom is 0.168 e. The Hall–Kier alpha value is -3.32. The van der Waals surface area contributed by atoms with Crippen molar-refractivity contribution < 1.29 is 14.2 Å². The minimum Gasteiger partial charge on any atom is -0.496 e. The molecule has 0 aliphatic heterocycles. The third kappa shape index (κ3) is 3.20. The third-order valence-electron chi connectivity index (χ3n) is 4.84. The van der Waals surface area contributed by atoms with Crippen LogP contribution in [0.15, 0.2) is 55.1 Å². The van der Waals surface area contributed by atoms with Gasteiger partial charge >= 0.3 is 0 Å². The molecule has 28 heavy (non-hydrogen) atoms. The Morgan fingerprint density at radius 3 is 2.82 bits per heavy atom. The van der Waals surface area contributed by atoms with E-state index in [4.69, 9.17) is 4.74 Å². The highest BCUT2D eigenvalue weighted by atomic mass is 19.1. The molecule has 0 aliphatic carbocycles. The molecular formula is C21H19FN4O2. The number of aliphatic hydroxyl groups is 1. The topological polar surface area (TPSA) is 72.5 Å². The normalized spacial score (nSPS) is 11.1. The standard InChI is InChI=1S/C21H19FN4O2/c1-28-20-4-2-3-19(22)17(20)8-6-15-5-7-16(21-25-24-13-26(15)21)18-11-23-10-9-14(18)12-27/h2-5,7,9-11,13,27H,6,8,12H2,1H3. The van der Waals surface area contributed by atoms with E-state index < -0.39 is 0 Å². The number of fused-ring (bicyclic) bond motifs is 1. The molecule has 6 nitrogen and oxygen atoms in total. The summed E-state index contributed by atoms with van der Waals surface area (Å²) in [6.45, 7) is -0.0903. The largest absolute Gasteiger partial charge is 0.496 e. The molecule has 7 heteroatoms. The van der Waals surface area contributed by atoms with Gasteiger partial charge in [-0.3, -0.25) is 9.38 Å². The minimum absolute atomic E-state index is 0.0903. The Kier molecular flexibility index (Phi) is 4.99. The molecule has 0 aliphatic rings. The summed E-state index contributed by atoms with van der Waals surface area (Å²) in [6.07, 6.45) is 6.07. The van der Waals surface area contributed by atoms with Crippen molar-refractivity contribution in [1.82, 2.24) is 19.6 Å². The molecule has 4 rings (SSSR count). The van der Waals surface area contributed by atoms with Crippen LogP contribution < -0.4 is 4.74 Å². The van der Waals surface area contributed by atoms with Crippen molar-refractivity contribution in [3.8, 4) is 16.9 Å². The van der Waals surface area contributed by atoms with E-state index in [0.29, 0.717) is 29.8 Å². The predicted molar refractivity (Wildman–Crippen MR) is 103 cm³/mol. The first kappa shape index (κ1) is 18.1. The number of aromatic nitrogens is 4. The molecule has 3 heterocycles. The fraction of sp³-hybridized carbons (Fsp3) is 0.190. The Labute approximate surface area is 161 Å². The maximum atomic E-state index is 14.2. The summed E-state index contributed by atoms with van der Waals surface area (Å²) in [5, 5.41) is 17.9. The van der Waals surface area contributed by atoms with Crippen LogP contribution in [0.5, 0.6) is 5.75 Å². The van der Waals surface area contributed by atoms with Crippen molar-refractivity contribution in [3.63, 3.8) is 0 Å². The van der Waals surface area contributed by atoms with Gasteiger partial charge in [-0.15, -0.1) is 10.2 Å². The van der Waals surface area contributed by atoms with Gasteiger partial charge in [-0.2, -0.15) is 0 Å². The van der Waals surface area contributed by atoms with Gasteiger partial charge < -0.3 is 9.84 Å². The van der Waals surface area contributed by atoms with E-state index in [1.54, 1.807) is 36.9 Å². The number of ether oxygens (including phenoxy) is 1. The zero-order chi connectivity index (χ0) is 19.5. The molecule has 0 fully saturated rings. The third-order valence-corrected chi connectivity index (χ3v) is 4.84. The lowest BCUT2D eigenvalue weighted by molar-refractivity contribution is 0.282. The van der Waals surface area contributed by atoms with Crippen molar-refractivity contribution in [2.45, 2.75) is 19.4 Å². The van der Waals surface area contributed by atoms with Crippen LogP contribution in [0.3, 0.4) is 0 Å². The van der Waals surface area contributed by atoms with Crippen molar-refractivity contribution >= 4 is 5.65 Å². The first-order chi connectivity index (χ1) is 13.7. The van der Waals surface area contributed by atoms with Crippen LogP contribution in [-0.4, -0.2) is 31.8 Å². The first-order valence-corrected chi connectivity index (χ1v) is 8.90. The first-order valence-electron chi connectivity index (χ1n) is 8.90. The van der Waals surface area contributed by atoms with Crippen LogP contribution >= 0.6 is 0 Å². The van der Waals surface area contributed by atoms with Crippen molar-refractivity contribution in [1.29, 1.82) is 0 Å². The smallest absolute Gasteiger partial charge is 0.168 e. The number of aryl methyl sites for hydroxylation is 1. The van der Waals surface area contributed by atoms with E-state index in [0.717, 1.165) is 22.4 Å². The lowest BCUT2D eigenvalue weighted by Crippen LogP contribution is -2.03. The molecule has 142 valence electrons. The van der Waals surface area contributed by atoms with E-state index in [1.807, 2.05) is 16.5 Å². The molecule has 0 atom stereocenters. The monoisotopic (exact) mass is 378 g/mol. The number of rotatable bonds is 6. The van der Waals surface area contributed by atoms with Gasteiger partial charge in [0.15, 0.2) is 5.65 Å². The molecular weight excluding hydrogens is 359 g/mol. The second kappa shape index (κ2) is 7.74. The molecule has 0 unspecified atom stereocenters. The van der Waals surface area contributed by atoms with Gasteiger partial charge in [-0.1, -0.05) is 6.07 Å². The van der Waals surface area contributed by atoms with E-state index in [9.17, 15) is 9.50 Å². The fourth-order valence-electron chi connectivity index (χ4n) is 3.41. The van der Waals surface area contributed by atoms with Gasteiger partial charge in [0.25, 0.3) is 0 Å². The van der Waals surface area contributed by atoms with E-state index >= 15 is 0 Å². The van der Waals surface area contributed by atoms with Crippen LogP contribution in [0.4, 0.5) is 4.39 Å². The van der Waals surface area contributed by atoms with Crippen molar-refractivity contribution in [3.05, 3.63) is 77.8 Å². The lowest BCUT2D eigenvalue weighted by Gasteiger charge is -2.12. The van der Waals surface area contributed by atoms with Crippen molar-refractivity contribution in [2.24, 2.45) is 0 Å². The minimum atomic E-state index is -0.279. The lowest BCUT2D eigenvalue weighted by atomic mass is 10.0. The predicted octanol–water partition coefficient (Wildman–Crippen LogP) is 3.22. The molecule has 0 amide bonds. The molecule has 0 bridgehead atoms. The van der Waals surface area contributed by atoms with Crippen LogP contribution in [0.2, 0.25) is 0 Å². The van der Waals surface area contributed by atoms with Crippen LogP contribution in [0.1, 0.15) is 16.8 Å². The summed E-state index contributed by atoms with van der Waals surface area (Å²) in [6, 6.07) is 10.5. The molecule has 0 radical (unpaired) electrons. The Bertz CT molecular complexity index is 1130. The molecule has 0 saturated carbocycles. The van der Waals surface area contributed by atoms with Crippen molar-refractivity contribution in [2.75, 3.05) is 7.11 Å². The summed E-state index contributed by atoms with van der Waals surface area (Å²) in [7, 11) is 1.54. The van der Waals surface area contributed by atoms with Gasteiger partial charge in [-0.05, 0) is 48.7 Å². The number of nitrogens with zero attached hydrogens (tertiary/aromatic N) is 4. The van der Waals surface area contributed by atoms with E-state index in [2.05, 4.69) is 15.2 Å². The molecule has 0 saturated heterocycles. The summed E-state index contributed by atoms with van der Waals surface area (Å²) in [5.41, 5.74) is 4.57. The number of pyridine rings is 2. The average molecular weight is 378 g/mol. The zero-order valence-electron chi connectivity index (χ0n) is 15.3. The molecule has 0 spiro atoms. The number of hydrogen-bond donors (Lipinski definition) is 1. The van der Waals surface area contributed by atoms with E-state index in [1.165, 1.54) is 13.2 Å². The number of methoxy groups -OCH3 is 1. The summed E-state index contributed by atoms with van der Waals surface area (Å²) in [5.74, 6) is 0.262. The quantitative estimate of drug-likeness (QED) is 0.558. The molecule has 3 aromatic heterocycles. The zero-order valence-corrected chi connectivity index (χ0v) is 15.3. The summed E-state index contributed by atoms with van der Waals surface area (Å²) < 4.78 is 21.4. The highest BCUT2D eigenvalue weighted by molar-refractivity contribution is 5.79. The maximum absolute atomic E-state index is 14.2. The SMILES string of the molecule is COc1cccc(F)c1CCc1ccc(-c2cnccc2CO)c2nncn12. The number of benzene rings is 1. The Balaban J connectivity index is 1.71. The average Bonchev–Trinajstić information content (AvgIpc) is 3.22. The second-order valence-electron chi connectivity index (χ2n) is 6.37. The number of halogens is 1. The number of hydrogen-bond acceptors (Lipinski definition) is 5. The van der Waals surface area contributed by atoms with Gasteiger partial charge in [-0.25, -0.2) is 4.39 Å². The molecule has 1 N–H and O–H groups in total. The Morgan fingerprint density at radius 1 is 1.11 bits per heavy atom. The second-order valence-corrected chi connectivity index (χ2v) is 6.37. The van der Waals surface area contributed by atoms with Gasteiger partial charge in [0, 0.05) is 34.8 Å². The summed E-state index contributed by atoms with van der Waals surface area (Å²) >= 11 is 0.